The molecule has 0 unspecified atom stereocenters. The second-order valence-corrected chi connectivity index (χ2v) is 7.32. The SMILES string of the molecule is O=C(Nc1ccc(F)cc1C(=O)Nc1ccc(F)cn1)c1ncc(N2CCCNCC2)cn1. The van der Waals surface area contributed by atoms with Crippen LogP contribution in [0.4, 0.5) is 26.0 Å². The Labute approximate surface area is 188 Å². The van der Waals surface area contributed by atoms with Crippen LogP contribution >= 0.6 is 0 Å². The van der Waals surface area contributed by atoms with Crippen LogP contribution in [0.25, 0.3) is 0 Å². The molecule has 2 amide bonds. The minimum atomic E-state index is -0.727. The minimum absolute atomic E-state index is 0.0623. The summed E-state index contributed by atoms with van der Waals surface area (Å²) in [6, 6.07) is 5.74. The monoisotopic (exact) mass is 453 g/mol. The number of carbonyl (C=O) groups is 2. The third-order valence-corrected chi connectivity index (χ3v) is 4.99. The molecule has 1 fully saturated rings. The van der Waals surface area contributed by atoms with Crippen molar-refractivity contribution in [3.8, 4) is 0 Å². The molecular weight excluding hydrogens is 432 g/mol. The number of hydrogen-bond acceptors (Lipinski definition) is 7. The normalized spacial score (nSPS) is 13.8. The molecule has 1 aliphatic rings. The molecule has 4 rings (SSSR count). The van der Waals surface area contributed by atoms with Gasteiger partial charge in [0.25, 0.3) is 11.8 Å². The molecule has 3 heterocycles. The number of anilines is 3. The molecule has 0 atom stereocenters. The van der Waals surface area contributed by atoms with Gasteiger partial charge in [0.05, 0.1) is 35.5 Å². The van der Waals surface area contributed by atoms with Crippen LogP contribution in [0.3, 0.4) is 0 Å². The van der Waals surface area contributed by atoms with Crippen LogP contribution in [0.15, 0.2) is 48.9 Å². The van der Waals surface area contributed by atoms with Crippen LogP contribution in [0, 0.1) is 11.6 Å². The number of amides is 2. The molecule has 9 nitrogen and oxygen atoms in total. The lowest BCUT2D eigenvalue weighted by atomic mass is 10.1. The maximum atomic E-state index is 13.8. The van der Waals surface area contributed by atoms with Crippen molar-refractivity contribution in [2.45, 2.75) is 6.42 Å². The van der Waals surface area contributed by atoms with Gasteiger partial charge in [-0.25, -0.2) is 23.7 Å². The predicted octanol–water partition coefficient (Wildman–Crippen LogP) is 2.45. The van der Waals surface area contributed by atoms with Gasteiger partial charge in [-0.15, -0.1) is 0 Å². The number of carbonyl (C=O) groups excluding carboxylic acids is 2. The number of pyridine rings is 1. The number of aromatic nitrogens is 3. The van der Waals surface area contributed by atoms with E-state index in [1.54, 1.807) is 12.4 Å². The zero-order valence-corrected chi connectivity index (χ0v) is 17.5. The Bertz CT molecular complexity index is 1130. The molecule has 1 saturated heterocycles. The summed E-state index contributed by atoms with van der Waals surface area (Å²) in [6.07, 6.45) is 5.08. The van der Waals surface area contributed by atoms with E-state index >= 15 is 0 Å². The topological polar surface area (TPSA) is 112 Å². The van der Waals surface area contributed by atoms with E-state index < -0.39 is 23.4 Å². The van der Waals surface area contributed by atoms with Crippen molar-refractivity contribution in [1.29, 1.82) is 0 Å². The van der Waals surface area contributed by atoms with Gasteiger partial charge < -0.3 is 20.9 Å². The average Bonchev–Trinajstić information content (AvgIpc) is 3.11. The highest BCUT2D eigenvalue weighted by Crippen LogP contribution is 2.20. The molecule has 0 saturated carbocycles. The Balaban J connectivity index is 1.48. The molecule has 33 heavy (non-hydrogen) atoms. The summed E-state index contributed by atoms with van der Waals surface area (Å²) in [6.45, 7) is 3.47. The number of nitrogens with one attached hydrogen (secondary N) is 3. The quantitative estimate of drug-likeness (QED) is 0.544. The summed E-state index contributed by atoms with van der Waals surface area (Å²) in [5.74, 6) is -2.63. The van der Waals surface area contributed by atoms with Gasteiger partial charge in [0.1, 0.15) is 17.5 Å². The summed E-state index contributed by atoms with van der Waals surface area (Å²) in [5, 5.41) is 8.30. The molecule has 3 N–H and O–H groups in total. The lowest BCUT2D eigenvalue weighted by Gasteiger charge is -2.21. The van der Waals surface area contributed by atoms with Gasteiger partial charge in [-0.3, -0.25) is 9.59 Å². The molecule has 0 radical (unpaired) electrons. The van der Waals surface area contributed by atoms with Crippen molar-refractivity contribution in [1.82, 2.24) is 20.3 Å². The second-order valence-electron chi connectivity index (χ2n) is 7.32. The highest BCUT2D eigenvalue weighted by Gasteiger charge is 2.18. The van der Waals surface area contributed by atoms with Gasteiger partial charge in [0.15, 0.2) is 0 Å². The zero-order chi connectivity index (χ0) is 23.2. The Morgan fingerprint density at radius 1 is 0.879 bits per heavy atom. The molecule has 3 aromatic rings. The van der Waals surface area contributed by atoms with Gasteiger partial charge in [-0.1, -0.05) is 0 Å². The summed E-state index contributed by atoms with van der Waals surface area (Å²) in [7, 11) is 0. The van der Waals surface area contributed by atoms with Crippen LogP contribution in [-0.4, -0.2) is 52.9 Å². The molecule has 1 aromatic carbocycles. The van der Waals surface area contributed by atoms with Crippen LogP contribution in [0.5, 0.6) is 0 Å². The van der Waals surface area contributed by atoms with E-state index in [2.05, 4.69) is 35.8 Å². The molecular formula is C22H21F2N7O2. The van der Waals surface area contributed by atoms with E-state index in [9.17, 15) is 18.4 Å². The van der Waals surface area contributed by atoms with Gasteiger partial charge >= 0.3 is 0 Å². The molecule has 2 aromatic heterocycles. The second kappa shape index (κ2) is 10.1. The summed E-state index contributed by atoms with van der Waals surface area (Å²) in [4.78, 5) is 39.5. The van der Waals surface area contributed by atoms with Gasteiger partial charge in [0, 0.05) is 19.6 Å². The van der Waals surface area contributed by atoms with Crippen molar-refractivity contribution in [2.75, 3.05) is 41.7 Å². The van der Waals surface area contributed by atoms with Crippen LogP contribution in [0.1, 0.15) is 27.4 Å². The van der Waals surface area contributed by atoms with E-state index in [-0.39, 0.29) is 22.9 Å². The standard InChI is InChI=1S/C22H21F2N7O2/c23-14-2-4-18(17(10-14)21(32)30-19-5-3-15(24)11-26-19)29-22(33)20-27-12-16(13-28-20)31-8-1-6-25-7-9-31/h2-5,10-13,25H,1,6-9H2,(H,29,33)(H,26,30,32). The molecule has 1 aliphatic heterocycles. The highest BCUT2D eigenvalue weighted by molar-refractivity contribution is 6.11. The number of halogens is 2. The Hall–Kier alpha value is -3.99. The molecule has 0 aliphatic carbocycles. The first kappa shape index (κ1) is 22.2. The first-order valence-corrected chi connectivity index (χ1v) is 10.3. The first-order chi connectivity index (χ1) is 16.0. The van der Waals surface area contributed by atoms with Crippen molar-refractivity contribution in [2.24, 2.45) is 0 Å². The van der Waals surface area contributed by atoms with Crippen molar-refractivity contribution < 1.29 is 18.4 Å². The molecule has 0 spiro atoms. The van der Waals surface area contributed by atoms with Crippen LogP contribution in [-0.2, 0) is 0 Å². The van der Waals surface area contributed by atoms with E-state index in [0.29, 0.717) is 0 Å². The number of nitrogens with zero attached hydrogens (tertiary/aromatic N) is 4. The largest absolute Gasteiger partial charge is 0.368 e. The van der Waals surface area contributed by atoms with Gasteiger partial charge in [-0.2, -0.15) is 0 Å². The van der Waals surface area contributed by atoms with Gasteiger partial charge in [-0.05, 0) is 43.3 Å². The maximum Gasteiger partial charge on any atom is 0.293 e. The third-order valence-electron chi connectivity index (χ3n) is 4.99. The van der Waals surface area contributed by atoms with Crippen molar-refractivity contribution >= 4 is 29.0 Å². The lowest BCUT2D eigenvalue weighted by molar-refractivity contribution is 0.101. The fourth-order valence-corrected chi connectivity index (χ4v) is 3.33. The molecule has 11 heteroatoms. The Morgan fingerprint density at radius 3 is 2.42 bits per heavy atom. The van der Waals surface area contributed by atoms with E-state index in [4.69, 9.17) is 0 Å². The van der Waals surface area contributed by atoms with Crippen molar-refractivity contribution in [3.63, 3.8) is 0 Å². The number of rotatable bonds is 5. The number of hydrogen-bond donors (Lipinski definition) is 3. The summed E-state index contributed by atoms with van der Waals surface area (Å²) >= 11 is 0. The van der Waals surface area contributed by atoms with Gasteiger partial charge in [0.2, 0.25) is 5.82 Å². The fraction of sp³-hybridized carbons (Fsp3) is 0.227. The average molecular weight is 453 g/mol. The van der Waals surface area contributed by atoms with Crippen molar-refractivity contribution in [3.05, 3.63) is 71.9 Å². The smallest absolute Gasteiger partial charge is 0.293 e. The highest BCUT2D eigenvalue weighted by atomic mass is 19.1. The molecule has 170 valence electrons. The van der Waals surface area contributed by atoms with Crippen LogP contribution < -0.4 is 20.9 Å². The Morgan fingerprint density at radius 2 is 1.67 bits per heavy atom. The summed E-state index contributed by atoms with van der Waals surface area (Å²) in [5.41, 5.74) is 0.735. The number of benzene rings is 1. The third kappa shape index (κ3) is 5.63. The first-order valence-electron chi connectivity index (χ1n) is 10.3. The van der Waals surface area contributed by atoms with E-state index in [0.717, 1.165) is 62.7 Å². The maximum absolute atomic E-state index is 13.8. The fourth-order valence-electron chi connectivity index (χ4n) is 3.33. The zero-order valence-electron chi connectivity index (χ0n) is 17.5. The predicted molar refractivity (Wildman–Crippen MR) is 118 cm³/mol. The minimum Gasteiger partial charge on any atom is -0.368 e. The Kier molecular flexibility index (Phi) is 6.79. The summed E-state index contributed by atoms with van der Waals surface area (Å²) < 4.78 is 26.8. The lowest BCUT2D eigenvalue weighted by Crippen LogP contribution is -2.28. The van der Waals surface area contributed by atoms with Crippen LogP contribution in [0.2, 0.25) is 0 Å². The van der Waals surface area contributed by atoms with E-state index in [1.807, 2.05) is 0 Å². The van der Waals surface area contributed by atoms with E-state index in [1.165, 1.54) is 12.1 Å². The molecule has 0 bridgehead atoms.